The van der Waals surface area contributed by atoms with E-state index in [0.29, 0.717) is 22.8 Å². The monoisotopic (exact) mass is 562 g/mol. The maximum atomic E-state index is 11.4. The number of hydrogen-bond acceptors (Lipinski definition) is 8. The van der Waals surface area contributed by atoms with E-state index >= 15 is 0 Å². The maximum Gasteiger partial charge on any atom is 1.00 e. The average molecular weight is 563 g/mol. The number of esters is 1. The molecule has 0 radical (unpaired) electrons. The van der Waals surface area contributed by atoms with Gasteiger partial charge in [0.05, 0.1) is 13.1 Å². The normalized spacial score (nSPS) is 17.4. The van der Waals surface area contributed by atoms with Gasteiger partial charge in [0.25, 0.3) is 0 Å². The Hall–Kier alpha value is -1.54. The second-order valence-electron chi connectivity index (χ2n) is 10.0. The van der Waals surface area contributed by atoms with Gasteiger partial charge in [-0.05, 0) is 90.6 Å². The van der Waals surface area contributed by atoms with Crippen molar-refractivity contribution >= 4 is 35.1 Å². The summed E-state index contributed by atoms with van der Waals surface area (Å²) in [6.07, 6.45) is 6.85. The number of methoxy groups -OCH3 is 1. The van der Waals surface area contributed by atoms with Crippen molar-refractivity contribution in [3.63, 3.8) is 0 Å². The van der Waals surface area contributed by atoms with Gasteiger partial charge in [0.1, 0.15) is 16.0 Å². The molecule has 4 heterocycles. The number of likely N-dealkylation sites (tertiary alicyclic amines) is 2. The van der Waals surface area contributed by atoms with Gasteiger partial charge in [-0.3, -0.25) is 9.36 Å². The van der Waals surface area contributed by atoms with Crippen LogP contribution in [0, 0.1) is 11.8 Å². The third kappa shape index (κ3) is 9.89. The van der Waals surface area contributed by atoms with Crippen LogP contribution in [0.1, 0.15) is 59.5 Å². The number of ether oxygens (including phenoxy) is 1. The van der Waals surface area contributed by atoms with Crippen molar-refractivity contribution in [1.82, 2.24) is 29.4 Å². The fourth-order valence-electron chi connectivity index (χ4n) is 4.72. The Balaban J connectivity index is 0.000000260. The summed E-state index contributed by atoms with van der Waals surface area (Å²) in [5, 5.41) is 19.6. The molecule has 0 unspecified atom stereocenters. The number of halogens is 2. The standard InChI is InChI=1S/C13H20ClN3O2.C12H18ClN3O2.Li/c1-16-6-3-10(4-7-16)5-8-17-12(14)9-11(15-17)13(18)19-2;1-15-5-2-9(3-6-15)4-7-16-11(13)8-10(14-16)12(17)18;/h9-10H,3-8H2,1-2H3;8-9H,2-7H2,1H3,(H,17,18);/q;;+1/p-1. The SMILES string of the molecule is CN1CCC(CCn2nc(C(=O)[O-])cc2Cl)CC1.COC(=O)c1cc(Cl)n(CCC2CCN(C)CC2)n1.[Li+]. The second-order valence-corrected chi connectivity index (χ2v) is 10.8. The van der Waals surface area contributed by atoms with Crippen LogP contribution in [0.5, 0.6) is 0 Å². The number of piperidine rings is 2. The van der Waals surface area contributed by atoms with E-state index in [4.69, 9.17) is 23.2 Å². The van der Waals surface area contributed by atoms with Crippen LogP contribution >= 0.6 is 23.2 Å². The van der Waals surface area contributed by atoms with Gasteiger partial charge < -0.3 is 24.4 Å². The maximum absolute atomic E-state index is 11.4. The molecule has 2 saturated heterocycles. The van der Waals surface area contributed by atoms with Gasteiger partial charge in [-0.15, -0.1) is 0 Å². The molecule has 10 nitrogen and oxygen atoms in total. The van der Waals surface area contributed by atoms with Crippen LogP contribution in [0.15, 0.2) is 12.1 Å². The van der Waals surface area contributed by atoms with Crippen LogP contribution in [-0.2, 0) is 17.8 Å². The molecular formula is C25H37Cl2LiN6O4. The number of rotatable bonds is 8. The van der Waals surface area contributed by atoms with E-state index < -0.39 is 11.9 Å². The number of aryl methyl sites for hydroxylation is 2. The van der Waals surface area contributed by atoms with Crippen LogP contribution in [0.3, 0.4) is 0 Å². The third-order valence-electron chi connectivity index (χ3n) is 7.24. The number of carbonyl (C=O) groups is 2. The van der Waals surface area contributed by atoms with E-state index in [0.717, 1.165) is 51.5 Å². The first-order valence-electron chi connectivity index (χ1n) is 12.8. The number of carbonyl (C=O) groups excluding carboxylic acids is 2. The summed E-state index contributed by atoms with van der Waals surface area (Å²) >= 11 is 12.0. The van der Waals surface area contributed by atoms with Crippen molar-refractivity contribution in [3.8, 4) is 0 Å². The zero-order valence-corrected chi connectivity index (χ0v) is 24.4. The van der Waals surface area contributed by atoms with E-state index in [1.54, 1.807) is 15.4 Å². The molecule has 0 saturated carbocycles. The van der Waals surface area contributed by atoms with E-state index in [2.05, 4.69) is 38.8 Å². The summed E-state index contributed by atoms with van der Waals surface area (Å²) in [5.74, 6) is -0.333. The largest absolute Gasteiger partial charge is 1.00 e. The van der Waals surface area contributed by atoms with E-state index in [9.17, 15) is 14.7 Å². The third-order valence-corrected chi connectivity index (χ3v) is 7.85. The first kappa shape index (κ1) is 32.7. The second kappa shape index (κ2) is 15.9. The Morgan fingerprint density at radius 3 is 1.63 bits per heavy atom. The van der Waals surface area contributed by atoms with Gasteiger partial charge in [-0.25, -0.2) is 4.79 Å². The number of nitrogens with zero attached hydrogens (tertiary/aromatic N) is 6. The van der Waals surface area contributed by atoms with Gasteiger partial charge in [0, 0.05) is 25.2 Å². The molecule has 2 aromatic rings. The molecule has 0 N–H and O–H groups in total. The van der Waals surface area contributed by atoms with Gasteiger partial charge in [0.15, 0.2) is 5.69 Å². The first-order valence-corrected chi connectivity index (χ1v) is 13.5. The van der Waals surface area contributed by atoms with E-state index in [1.165, 1.54) is 38.9 Å². The predicted molar refractivity (Wildman–Crippen MR) is 140 cm³/mol. The molecule has 0 bridgehead atoms. The Labute approximate surface area is 246 Å². The average Bonchev–Trinajstić information content (AvgIpc) is 3.45. The summed E-state index contributed by atoms with van der Waals surface area (Å²) in [6, 6.07) is 2.90. The molecule has 0 aromatic carbocycles. The number of aromatic nitrogens is 4. The molecule has 206 valence electrons. The van der Waals surface area contributed by atoms with Crippen LogP contribution < -0.4 is 24.0 Å². The van der Waals surface area contributed by atoms with E-state index in [-0.39, 0.29) is 30.2 Å². The molecule has 0 atom stereocenters. The smallest absolute Gasteiger partial charge is 0.543 e. The predicted octanol–water partition coefficient (Wildman–Crippen LogP) is -0.309. The summed E-state index contributed by atoms with van der Waals surface area (Å²) in [4.78, 5) is 26.7. The van der Waals surface area contributed by atoms with Gasteiger partial charge in [0.2, 0.25) is 0 Å². The fraction of sp³-hybridized carbons (Fsp3) is 0.680. The number of aromatic carboxylic acids is 1. The summed E-state index contributed by atoms with van der Waals surface area (Å²) in [7, 11) is 5.63. The number of hydrogen-bond donors (Lipinski definition) is 0. The minimum atomic E-state index is -1.28. The van der Waals surface area contributed by atoms with Crippen LogP contribution in [0.25, 0.3) is 0 Å². The van der Waals surface area contributed by atoms with Crippen molar-refractivity contribution in [2.75, 3.05) is 47.4 Å². The van der Waals surface area contributed by atoms with E-state index in [1.807, 2.05) is 0 Å². The molecular weight excluding hydrogens is 526 g/mol. The topological polar surface area (TPSA) is 109 Å². The first-order chi connectivity index (χ1) is 17.7. The zero-order valence-electron chi connectivity index (χ0n) is 22.9. The Morgan fingerprint density at radius 1 is 0.868 bits per heavy atom. The summed E-state index contributed by atoms with van der Waals surface area (Å²) < 4.78 is 7.87. The molecule has 2 aromatic heterocycles. The number of carboxylic acid groups (broad SMARTS) is 1. The summed E-state index contributed by atoms with van der Waals surface area (Å²) in [6.45, 7) is 5.99. The van der Waals surface area contributed by atoms with Crippen molar-refractivity contribution < 1.29 is 38.3 Å². The minimum Gasteiger partial charge on any atom is -0.543 e. The van der Waals surface area contributed by atoms with Crippen LogP contribution in [-0.4, -0.2) is 88.7 Å². The fourth-order valence-corrected chi connectivity index (χ4v) is 5.17. The zero-order chi connectivity index (χ0) is 26.9. The van der Waals surface area contributed by atoms with Crippen molar-refractivity contribution in [2.24, 2.45) is 11.8 Å². The molecule has 0 amide bonds. The van der Waals surface area contributed by atoms with Crippen LogP contribution in [0.4, 0.5) is 0 Å². The van der Waals surface area contributed by atoms with Crippen LogP contribution in [0.2, 0.25) is 10.3 Å². The molecule has 2 fully saturated rings. The van der Waals surface area contributed by atoms with Crippen molar-refractivity contribution in [3.05, 3.63) is 33.8 Å². The molecule has 0 spiro atoms. The quantitative estimate of drug-likeness (QED) is 0.318. The number of carboxylic acids is 1. The van der Waals surface area contributed by atoms with Crippen molar-refractivity contribution in [1.29, 1.82) is 0 Å². The van der Waals surface area contributed by atoms with Gasteiger partial charge in [-0.2, -0.15) is 10.2 Å². The van der Waals surface area contributed by atoms with Gasteiger partial charge >= 0.3 is 24.8 Å². The summed E-state index contributed by atoms with van der Waals surface area (Å²) in [5.41, 5.74) is 0.180. The molecule has 13 heteroatoms. The Bertz CT molecular complexity index is 1030. The Morgan fingerprint density at radius 2 is 1.26 bits per heavy atom. The van der Waals surface area contributed by atoms with Gasteiger partial charge in [-0.1, -0.05) is 23.2 Å². The molecule has 4 rings (SSSR count). The molecule has 2 aliphatic heterocycles. The Kier molecular flexibility index (Phi) is 13.7. The molecule has 0 aliphatic carbocycles. The molecule has 38 heavy (non-hydrogen) atoms. The molecule has 2 aliphatic rings. The van der Waals surface area contributed by atoms with Crippen molar-refractivity contribution in [2.45, 2.75) is 51.6 Å². The minimum absolute atomic E-state index is 0.